The molecule has 0 aliphatic carbocycles. The minimum Gasteiger partial charge on any atom is -0.497 e. The van der Waals surface area contributed by atoms with Crippen molar-refractivity contribution in [3.05, 3.63) is 65.2 Å². The zero-order valence-corrected chi connectivity index (χ0v) is 13.3. The summed E-state index contributed by atoms with van der Waals surface area (Å²) in [5.41, 5.74) is 3.40. The van der Waals surface area contributed by atoms with Crippen molar-refractivity contribution < 1.29 is 14.3 Å². The first kappa shape index (κ1) is 16.1. The lowest BCUT2D eigenvalue weighted by atomic mass is 9.88. The van der Waals surface area contributed by atoms with Crippen LogP contribution in [0.15, 0.2) is 48.5 Å². The maximum atomic E-state index is 11.9. The van der Waals surface area contributed by atoms with Crippen molar-refractivity contribution in [2.24, 2.45) is 0 Å². The third kappa shape index (κ3) is 4.10. The standard InChI is InChI=1S/C19H22O3/c1-4-22-19(20)13-18(15-7-5-14(2)6-8-15)16-9-11-17(21-3)12-10-16/h5-12,18H,4,13H2,1-3H3. The normalized spacial score (nSPS) is 11.8. The van der Waals surface area contributed by atoms with Crippen molar-refractivity contribution in [2.75, 3.05) is 13.7 Å². The number of hydrogen-bond acceptors (Lipinski definition) is 3. The van der Waals surface area contributed by atoms with Crippen LogP contribution in [0.3, 0.4) is 0 Å². The number of aryl methyl sites for hydroxylation is 1. The van der Waals surface area contributed by atoms with Gasteiger partial charge in [0.05, 0.1) is 20.1 Å². The van der Waals surface area contributed by atoms with Crippen LogP contribution in [-0.2, 0) is 9.53 Å². The van der Waals surface area contributed by atoms with Gasteiger partial charge >= 0.3 is 5.97 Å². The van der Waals surface area contributed by atoms with Crippen LogP contribution < -0.4 is 4.74 Å². The van der Waals surface area contributed by atoms with Gasteiger partial charge in [-0.25, -0.2) is 0 Å². The largest absolute Gasteiger partial charge is 0.497 e. The Kier molecular flexibility index (Phi) is 5.59. The minimum absolute atomic E-state index is 0.00874. The maximum Gasteiger partial charge on any atom is 0.306 e. The molecule has 0 N–H and O–H groups in total. The summed E-state index contributed by atoms with van der Waals surface area (Å²) in [5, 5.41) is 0. The Morgan fingerprint density at radius 1 is 1.00 bits per heavy atom. The highest BCUT2D eigenvalue weighted by atomic mass is 16.5. The van der Waals surface area contributed by atoms with Crippen molar-refractivity contribution in [3.8, 4) is 5.75 Å². The monoisotopic (exact) mass is 298 g/mol. The van der Waals surface area contributed by atoms with Crippen molar-refractivity contribution in [1.29, 1.82) is 0 Å². The molecule has 0 aliphatic heterocycles. The molecule has 2 rings (SSSR count). The van der Waals surface area contributed by atoms with E-state index in [1.165, 1.54) is 5.56 Å². The fraction of sp³-hybridized carbons (Fsp3) is 0.316. The van der Waals surface area contributed by atoms with E-state index in [2.05, 4.69) is 31.2 Å². The molecule has 0 spiro atoms. The first-order valence-electron chi connectivity index (χ1n) is 7.50. The highest BCUT2D eigenvalue weighted by molar-refractivity contribution is 5.71. The van der Waals surface area contributed by atoms with E-state index < -0.39 is 0 Å². The summed E-state index contributed by atoms with van der Waals surface area (Å²) in [6, 6.07) is 16.1. The summed E-state index contributed by atoms with van der Waals surface area (Å²) < 4.78 is 10.3. The second-order valence-corrected chi connectivity index (χ2v) is 5.25. The van der Waals surface area contributed by atoms with Gasteiger partial charge in [0.25, 0.3) is 0 Å². The second-order valence-electron chi connectivity index (χ2n) is 5.25. The van der Waals surface area contributed by atoms with E-state index in [0.29, 0.717) is 13.0 Å². The van der Waals surface area contributed by atoms with E-state index in [9.17, 15) is 4.79 Å². The van der Waals surface area contributed by atoms with Gasteiger partial charge in [-0.15, -0.1) is 0 Å². The van der Waals surface area contributed by atoms with Gasteiger partial charge in [-0.2, -0.15) is 0 Å². The molecule has 0 aromatic heterocycles. The Balaban J connectivity index is 2.31. The molecule has 0 fully saturated rings. The summed E-state index contributed by atoms with van der Waals surface area (Å²) in [7, 11) is 1.64. The minimum atomic E-state index is -0.177. The molecule has 116 valence electrons. The molecule has 0 radical (unpaired) electrons. The molecule has 1 atom stereocenters. The van der Waals surface area contributed by atoms with Crippen molar-refractivity contribution in [3.63, 3.8) is 0 Å². The topological polar surface area (TPSA) is 35.5 Å². The van der Waals surface area contributed by atoms with Crippen molar-refractivity contribution in [2.45, 2.75) is 26.2 Å². The molecule has 0 amide bonds. The van der Waals surface area contributed by atoms with Crippen LogP contribution >= 0.6 is 0 Å². The first-order valence-corrected chi connectivity index (χ1v) is 7.50. The van der Waals surface area contributed by atoms with E-state index in [1.54, 1.807) is 7.11 Å². The molecule has 0 aliphatic rings. The van der Waals surface area contributed by atoms with E-state index in [1.807, 2.05) is 31.2 Å². The zero-order chi connectivity index (χ0) is 15.9. The molecule has 3 heteroatoms. The van der Waals surface area contributed by atoms with E-state index in [4.69, 9.17) is 9.47 Å². The summed E-state index contributed by atoms with van der Waals surface area (Å²) in [6.07, 6.45) is 0.337. The average molecular weight is 298 g/mol. The number of carbonyl (C=O) groups excluding carboxylic acids is 1. The number of esters is 1. The predicted octanol–water partition coefficient (Wildman–Crippen LogP) is 4.09. The molecule has 0 bridgehead atoms. The Labute approximate surface area is 131 Å². The Morgan fingerprint density at radius 3 is 2.05 bits per heavy atom. The Bertz CT molecular complexity index is 600. The third-order valence-corrected chi connectivity index (χ3v) is 3.67. The lowest BCUT2D eigenvalue weighted by Gasteiger charge is -2.18. The van der Waals surface area contributed by atoms with Crippen molar-refractivity contribution in [1.82, 2.24) is 0 Å². The Morgan fingerprint density at radius 2 is 1.55 bits per heavy atom. The summed E-state index contributed by atoms with van der Waals surface area (Å²) in [6.45, 7) is 4.28. The highest BCUT2D eigenvalue weighted by Crippen LogP contribution is 2.30. The number of ether oxygens (including phenoxy) is 2. The summed E-state index contributed by atoms with van der Waals surface area (Å²) in [5.74, 6) is 0.622. The number of benzene rings is 2. The molecule has 22 heavy (non-hydrogen) atoms. The highest BCUT2D eigenvalue weighted by Gasteiger charge is 2.19. The number of rotatable bonds is 6. The number of carbonyl (C=O) groups is 1. The van der Waals surface area contributed by atoms with Crippen LogP contribution in [0.4, 0.5) is 0 Å². The second kappa shape index (κ2) is 7.64. The smallest absolute Gasteiger partial charge is 0.306 e. The van der Waals surface area contributed by atoms with Gasteiger partial charge in [0, 0.05) is 5.92 Å². The van der Waals surface area contributed by atoms with Crippen LogP contribution in [0.5, 0.6) is 5.75 Å². The average Bonchev–Trinajstić information content (AvgIpc) is 2.54. The molecular formula is C19H22O3. The van der Waals surface area contributed by atoms with Gasteiger partial charge in [0.2, 0.25) is 0 Å². The van der Waals surface area contributed by atoms with Crippen LogP contribution in [0.1, 0.15) is 36.0 Å². The van der Waals surface area contributed by atoms with Crippen molar-refractivity contribution >= 4 is 5.97 Å². The van der Waals surface area contributed by atoms with Gasteiger partial charge in [-0.1, -0.05) is 42.0 Å². The molecule has 2 aromatic rings. The van der Waals surface area contributed by atoms with Crippen LogP contribution in [-0.4, -0.2) is 19.7 Å². The molecule has 1 unspecified atom stereocenters. The molecule has 2 aromatic carbocycles. The van der Waals surface area contributed by atoms with E-state index in [-0.39, 0.29) is 11.9 Å². The van der Waals surface area contributed by atoms with Crippen LogP contribution in [0.25, 0.3) is 0 Å². The van der Waals surface area contributed by atoms with Gasteiger partial charge in [-0.3, -0.25) is 4.79 Å². The number of hydrogen-bond donors (Lipinski definition) is 0. The molecule has 0 heterocycles. The van der Waals surface area contributed by atoms with E-state index >= 15 is 0 Å². The molecule has 3 nitrogen and oxygen atoms in total. The van der Waals surface area contributed by atoms with Gasteiger partial charge in [0.15, 0.2) is 0 Å². The molecular weight excluding hydrogens is 276 g/mol. The summed E-state index contributed by atoms with van der Waals surface area (Å²) >= 11 is 0. The lowest BCUT2D eigenvalue weighted by molar-refractivity contribution is -0.143. The fourth-order valence-electron chi connectivity index (χ4n) is 2.45. The SMILES string of the molecule is CCOC(=O)CC(c1ccc(C)cc1)c1ccc(OC)cc1. The Hall–Kier alpha value is -2.29. The third-order valence-electron chi connectivity index (χ3n) is 3.67. The van der Waals surface area contributed by atoms with Gasteiger partial charge in [0.1, 0.15) is 5.75 Å². The van der Waals surface area contributed by atoms with Crippen LogP contribution in [0, 0.1) is 6.92 Å². The van der Waals surface area contributed by atoms with E-state index in [0.717, 1.165) is 16.9 Å². The zero-order valence-electron chi connectivity index (χ0n) is 13.3. The molecule has 0 saturated heterocycles. The van der Waals surface area contributed by atoms with Crippen LogP contribution in [0.2, 0.25) is 0 Å². The number of methoxy groups -OCH3 is 1. The first-order chi connectivity index (χ1) is 10.6. The lowest BCUT2D eigenvalue weighted by Crippen LogP contribution is -2.11. The van der Waals surface area contributed by atoms with Gasteiger partial charge < -0.3 is 9.47 Å². The summed E-state index contributed by atoms with van der Waals surface area (Å²) in [4.78, 5) is 11.9. The quantitative estimate of drug-likeness (QED) is 0.754. The van der Waals surface area contributed by atoms with Gasteiger partial charge in [-0.05, 0) is 37.1 Å². The fourth-order valence-corrected chi connectivity index (χ4v) is 2.45. The molecule has 0 saturated carbocycles. The maximum absolute atomic E-state index is 11.9. The predicted molar refractivity (Wildman–Crippen MR) is 87.3 cm³/mol.